The van der Waals surface area contributed by atoms with E-state index in [0.29, 0.717) is 19.8 Å². The molecule has 2 aliphatic rings. The van der Waals surface area contributed by atoms with E-state index in [2.05, 4.69) is 27.2 Å². The molecule has 2 aromatic rings. The van der Waals surface area contributed by atoms with Crippen LogP contribution in [0.2, 0.25) is 0 Å². The lowest BCUT2D eigenvalue weighted by Crippen LogP contribution is -2.44. The van der Waals surface area contributed by atoms with Gasteiger partial charge in [0.2, 0.25) is 0 Å². The molecule has 0 aromatic heterocycles. The highest BCUT2D eigenvalue weighted by molar-refractivity contribution is 6.00. The van der Waals surface area contributed by atoms with Gasteiger partial charge in [0.25, 0.3) is 5.91 Å². The van der Waals surface area contributed by atoms with Gasteiger partial charge in [0, 0.05) is 38.4 Å². The van der Waals surface area contributed by atoms with E-state index in [4.69, 9.17) is 4.74 Å². The molecule has 160 valence electrons. The zero-order chi connectivity index (χ0) is 20.9. The molecule has 2 heterocycles. The van der Waals surface area contributed by atoms with Gasteiger partial charge in [0.15, 0.2) is 0 Å². The molecule has 1 amide bonds. The fraction of sp³-hybridized carbons (Fsp3) is 0.458. The van der Waals surface area contributed by atoms with Gasteiger partial charge in [-0.15, -0.1) is 0 Å². The van der Waals surface area contributed by atoms with Crippen LogP contribution in [0.4, 0.5) is 10.1 Å². The molecule has 2 aromatic carbocycles. The molecule has 0 spiro atoms. The molecule has 0 aliphatic carbocycles. The van der Waals surface area contributed by atoms with Crippen molar-refractivity contribution in [3.63, 3.8) is 0 Å². The Morgan fingerprint density at radius 1 is 1.10 bits per heavy atom. The third kappa shape index (κ3) is 4.82. The monoisotopic (exact) mass is 411 g/mol. The number of halogens is 1. The van der Waals surface area contributed by atoms with Crippen LogP contribution in [-0.2, 0) is 4.74 Å². The minimum Gasteiger partial charge on any atom is -0.379 e. The van der Waals surface area contributed by atoms with Gasteiger partial charge in [-0.05, 0) is 49.6 Å². The van der Waals surface area contributed by atoms with Gasteiger partial charge in [0.1, 0.15) is 5.82 Å². The van der Waals surface area contributed by atoms with E-state index in [-0.39, 0.29) is 17.8 Å². The van der Waals surface area contributed by atoms with Crippen LogP contribution in [0, 0.1) is 12.7 Å². The van der Waals surface area contributed by atoms with Gasteiger partial charge < -0.3 is 15.0 Å². The first kappa shape index (κ1) is 20.8. The second-order valence-corrected chi connectivity index (χ2v) is 8.14. The zero-order valence-corrected chi connectivity index (χ0v) is 17.6. The van der Waals surface area contributed by atoms with Crippen molar-refractivity contribution in [1.29, 1.82) is 0 Å². The van der Waals surface area contributed by atoms with Crippen LogP contribution in [0.1, 0.15) is 40.4 Å². The molecule has 2 saturated heterocycles. The highest BCUT2D eigenvalue weighted by atomic mass is 19.1. The summed E-state index contributed by atoms with van der Waals surface area (Å²) in [5.74, 6) is -0.331. The average molecular weight is 412 g/mol. The lowest BCUT2D eigenvalue weighted by Gasteiger charge is -2.35. The number of amides is 1. The number of hydrogen-bond acceptors (Lipinski definition) is 4. The summed E-state index contributed by atoms with van der Waals surface area (Å²) in [4.78, 5) is 17.8. The Kier molecular flexibility index (Phi) is 6.65. The molecule has 30 heavy (non-hydrogen) atoms. The molecule has 1 atom stereocenters. The Bertz CT molecular complexity index is 877. The standard InChI is InChI=1S/C24H30FN3O2/c1-18-7-8-22(27-9-2-3-10-27)21(15-18)24(29)26-17-23(28-11-13-30-14-12-28)19-5-4-6-20(25)16-19/h4-8,15-16,23H,2-3,9-14,17H2,1H3,(H,26,29). The van der Waals surface area contributed by atoms with Gasteiger partial charge in [-0.3, -0.25) is 9.69 Å². The first-order chi connectivity index (χ1) is 14.6. The van der Waals surface area contributed by atoms with Crippen molar-refractivity contribution < 1.29 is 13.9 Å². The number of benzene rings is 2. The van der Waals surface area contributed by atoms with Crippen LogP contribution in [0.3, 0.4) is 0 Å². The van der Waals surface area contributed by atoms with Crippen molar-refractivity contribution in [3.05, 3.63) is 65.0 Å². The van der Waals surface area contributed by atoms with Gasteiger partial charge in [0.05, 0.1) is 24.8 Å². The summed E-state index contributed by atoms with van der Waals surface area (Å²) in [6.45, 7) is 7.24. The van der Waals surface area contributed by atoms with Crippen LogP contribution >= 0.6 is 0 Å². The minimum atomic E-state index is -0.257. The number of aryl methyl sites for hydroxylation is 1. The SMILES string of the molecule is Cc1ccc(N2CCCC2)c(C(=O)NCC(c2cccc(F)c2)N2CCOCC2)c1. The first-order valence-electron chi connectivity index (χ1n) is 10.8. The molecule has 1 unspecified atom stereocenters. The molecule has 5 nitrogen and oxygen atoms in total. The first-order valence-corrected chi connectivity index (χ1v) is 10.8. The normalized spacial score (nSPS) is 18.4. The average Bonchev–Trinajstić information content (AvgIpc) is 3.29. The summed E-state index contributed by atoms with van der Waals surface area (Å²) < 4.78 is 19.4. The largest absolute Gasteiger partial charge is 0.379 e. The second kappa shape index (κ2) is 9.58. The Hall–Kier alpha value is -2.44. The lowest BCUT2D eigenvalue weighted by atomic mass is 10.0. The Morgan fingerprint density at radius 3 is 2.60 bits per heavy atom. The van der Waals surface area contributed by atoms with E-state index in [1.807, 2.05) is 19.1 Å². The minimum absolute atomic E-state index is 0.0738. The second-order valence-electron chi connectivity index (χ2n) is 8.14. The topological polar surface area (TPSA) is 44.8 Å². The number of anilines is 1. The van der Waals surface area contributed by atoms with Crippen LogP contribution in [0.5, 0.6) is 0 Å². The number of carbonyl (C=O) groups excluding carboxylic acids is 1. The van der Waals surface area contributed by atoms with Gasteiger partial charge in [-0.25, -0.2) is 4.39 Å². The molecule has 0 saturated carbocycles. The Morgan fingerprint density at radius 2 is 1.87 bits per heavy atom. The molecule has 2 aliphatic heterocycles. The molecule has 0 bridgehead atoms. The number of hydrogen-bond donors (Lipinski definition) is 1. The maximum absolute atomic E-state index is 13.9. The number of nitrogens with zero attached hydrogens (tertiary/aromatic N) is 2. The molecule has 6 heteroatoms. The number of morpholine rings is 1. The maximum atomic E-state index is 13.9. The predicted octanol–water partition coefficient (Wildman–Crippen LogP) is 3.54. The fourth-order valence-corrected chi connectivity index (χ4v) is 4.41. The summed E-state index contributed by atoms with van der Waals surface area (Å²) in [6, 6.07) is 12.7. The molecular weight excluding hydrogens is 381 g/mol. The summed E-state index contributed by atoms with van der Waals surface area (Å²) in [6.07, 6.45) is 2.32. The van der Waals surface area contributed by atoms with Crippen LogP contribution in [-0.4, -0.2) is 56.7 Å². The van der Waals surface area contributed by atoms with Crippen LogP contribution in [0.15, 0.2) is 42.5 Å². The van der Waals surface area contributed by atoms with Gasteiger partial charge >= 0.3 is 0 Å². The quantitative estimate of drug-likeness (QED) is 0.790. The van der Waals surface area contributed by atoms with Gasteiger partial charge in [-0.2, -0.15) is 0 Å². The van der Waals surface area contributed by atoms with Crippen LogP contribution in [0.25, 0.3) is 0 Å². The smallest absolute Gasteiger partial charge is 0.253 e. The van der Waals surface area contributed by atoms with E-state index < -0.39 is 0 Å². The summed E-state index contributed by atoms with van der Waals surface area (Å²) in [5, 5.41) is 3.13. The zero-order valence-electron chi connectivity index (χ0n) is 17.6. The van der Waals surface area contributed by atoms with E-state index in [1.54, 1.807) is 12.1 Å². The fourth-order valence-electron chi connectivity index (χ4n) is 4.41. The summed E-state index contributed by atoms with van der Waals surface area (Å²) in [7, 11) is 0. The number of carbonyl (C=O) groups is 1. The highest BCUT2D eigenvalue weighted by Gasteiger charge is 2.25. The number of ether oxygens (including phenoxy) is 1. The van der Waals surface area contributed by atoms with Crippen molar-refractivity contribution in [1.82, 2.24) is 10.2 Å². The van der Waals surface area contributed by atoms with E-state index in [1.165, 1.54) is 6.07 Å². The van der Waals surface area contributed by atoms with Crippen molar-refractivity contribution in [3.8, 4) is 0 Å². The van der Waals surface area contributed by atoms with Crippen molar-refractivity contribution in [2.45, 2.75) is 25.8 Å². The number of rotatable bonds is 6. The van der Waals surface area contributed by atoms with Crippen molar-refractivity contribution in [2.24, 2.45) is 0 Å². The van der Waals surface area contributed by atoms with E-state index in [9.17, 15) is 9.18 Å². The molecule has 2 fully saturated rings. The summed E-state index contributed by atoms with van der Waals surface area (Å²) >= 11 is 0. The third-order valence-corrected chi connectivity index (χ3v) is 6.02. The molecule has 1 N–H and O–H groups in total. The van der Waals surface area contributed by atoms with Crippen molar-refractivity contribution >= 4 is 11.6 Å². The summed E-state index contributed by atoms with van der Waals surface area (Å²) in [5.41, 5.74) is 3.67. The van der Waals surface area contributed by atoms with Crippen LogP contribution < -0.4 is 10.2 Å². The molecular formula is C24H30FN3O2. The predicted molar refractivity (Wildman–Crippen MR) is 116 cm³/mol. The van der Waals surface area contributed by atoms with E-state index >= 15 is 0 Å². The van der Waals surface area contributed by atoms with Gasteiger partial charge in [-0.1, -0.05) is 23.8 Å². The lowest BCUT2D eigenvalue weighted by molar-refractivity contribution is 0.0162. The maximum Gasteiger partial charge on any atom is 0.253 e. The number of nitrogens with one attached hydrogen (secondary N) is 1. The molecule has 4 rings (SSSR count). The molecule has 0 radical (unpaired) electrons. The Balaban J connectivity index is 1.53. The highest BCUT2D eigenvalue weighted by Crippen LogP contribution is 2.27. The van der Waals surface area contributed by atoms with Crippen molar-refractivity contribution in [2.75, 3.05) is 50.8 Å². The Labute approximate surface area is 177 Å². The third-order valence-electron chi connectivity index (χ3n) is 6.02. The van der Waals surface area contributed by atoms with E-state index in [0.717, 1.165) is 61.4 Å².